The summed E-state index contributed by atoms with van der Waals surface area (Å²) in [6, 6.07) is 12.5. The Balaban J connectivity index is 1.19. The quantitative estimate of drug-likeness (QED) is 0.507. The van der Waals surface area contributed by atoms with E-state index in [0.29, 0.717) is 37.8 Å². The number of aromatic nitrogens is 2. The zero-order valence-electron chi connectivity index (χ0n) is 18.1. The van der Waals surface area contributed by atoms with E-state index in [2.05, 4.69) is 4.98 Å². The minimum absolute atomic E-state index is 0.0246. The summed E-state index contributed by atoms with van der Waals surface area (Å²) in [6.45, 7) is 2.05. The van der Waals surface area contributed by atoms with E-state index in [1.54, 1.807) is 11.0 Å². The van der Waals surface area contributed by atoms with E-state index in [9.17, 15) is 13.2 Å². The molecular weight excluding hydrogens is 464 g/mol. The summed E-state index contributed by atoms with van der Waals surface area (Å²) in [7, 11) is -1.74. The van der Waals surface area contributed by atoms with Gasteiger partial charge in [0.05, 0.1) is 21.7 Å². The first-order valence-electron chi connectivity index (χ1n) is 10.7. The number of hydrogen-bond donors (Lipinski definition) is 0. The minimum atomic E-state index is -3.68. The SMILES string of the molecule is Cn1c(SCC(=O)N2CCN(S(=O)(=O)c3ccc4c(c3)OCCO4)CC2)nc2ccccc21. The van der Waals surface area contributed by atoms with Gasteiger partial charge in [0.2, 0.25) is 15.9 Å². The number of thioether (sulfide) groups is 1. The van der Waals surface area contributed by atoms with Crippen LogP contribution in [-0.2, 0) is 21.9 Å². The second kappa shape index (κ2) is 8.88. The Kier molecular flexibility index (Phi) is 5.94. The first kappa shape index (κ1) is 22.1. The topological polar surface area (TPSA) is 94.0 Å². The van der Waals surface area contributed by atoms with E-state index in [1.165, 1.54) is 28.2 Å². The van der Waals surface area contributed by atoms with Crippen molar-refractivity contribution in [1.82, 2.24) is 18.8 Å². The molecule has 3 aromatic rings. The first-order valence-corrected chi connectivity index (χ1v) is 13.1. The van der Waals surface area contributed by atoms with E-state index < -0.39 is 10.0 Å². The molecule has 0 radical (unpaired) electrons. The van der Waals surface area contributed by atoms with Crippen LogP contribution in [0.5, 0.6) is 11.5 Å². The smallest absolute Gasteiger partial charge is 0.243 e. The third kappa shape index (κ3) is 4.28. The number of carbonyl (C=O) groups excluding carboxylic acids is 1. The molecule has 0 unspecified atom stereocenters. The molecule has 1 amide bonds. The highest BCUT2D eigenvalue weighted by atomic mass is 32.2. The number of sulfonamides is 1. The number of rotatable bonds is 5. The molecule has 9 nitrogen and oxygen atoms in total. The van der Waals surface area contributed by atoms with Crippen LogP contribution in [-0.4, -0.2) is 78.2 Å². The average molecular weight is 489 g/mol. The van der Waals surface area contributed by atoms with Crippen LogP contribution in [0.3, 0.4) is 0 Å². The van der Waals surface area contributed by atoms with Gasteiger partial charge in [-0.1, -0.05) is 23.9 Å². The number of piperazine rings is 1. The van der Waals surface area contributed by atoms with Gasteiger partial charge in [-0.2, -0.15) is 4.31 Å². The van der Waals surface area contributed by atoms with Crippen LogP contribution in [0, 0.1) is 0 Å². The summed E-state index contributed by atoms with van der Waals surface area (Å²) >= 11 is 1.39. The number of para-hydroxylation sites is 2. The molecule has 1 aromatic heterocycles. The van der Waals surface area contributed by atoms with Crippen molar-refractivity contribution in [3.63, 3.8) is 0 Å². The Hall–Kier alpha value is -2.76. The molecule has 3 heterocycles. The molecule has 33 heavy (non-hydrogen) atoms. The van der Waals surface area contributed by atoms with Gasteiger partial charge < -0.3 is 18.9 Å². The highest BCUT2D eigenvalue weighted by Gasteiger charge is 2.31. The number of ether oxygens (including phenoxy) is 2. The van der Waals surface area contributed by atoms with Gasteiger partial charge in [-0.3, -0.25) is 4.79 Å². The van der Waals surface area contributed by atoms with Crippen LogP contribution < -0.4 is 9.47 Å². The van der Waals surface area contributed by atoms with Gasteiger partial charge >= 0.3 is 0 Å². The number of aryl methyl sites for hydroxylation is 1. The predicted octanol–water partition coefficient (Wildman–Crippen LogP) is 1.97. The summed E-state index contributed by atoms with van der Waals surface area (Å²) in [5.41, 5.74) is 1.92. The maximum absolute atomic E-state index is 13.1. The standard InChI is InChI=1S/C22H24N4O5S2/c1-24-18-5-3-2-4-17(18)23-22(24)32-15-21(27)25-8-10-26(11-9-25)33(28,29)16-6-7-19-20(14-16)31-13-12-30-19/h2-7,14H,8-13,15H2,1H3. The lowest BCUT2D eigenvalue weighted by atomic mass is 10.3. The highest BCUT2D eigenvalue weighted by Crippen LogP contribution is 2.33. The van der Waals surface area contributed by atoms with Gasteiger partial charge in [0, 0.05) is 39.3 Å². The lowest BCUT2D eigenvalue weighted by Crippen LogP contribution is -2.51. The van der Waals surface area contributed by atoms with Gasteiger partial charge in [0.1, 0.15) is 13.2 Å². The summed E-state index contributed by atoms with van der Waals surface area (Å²) in [5, 5.41) is 0.782. The summed E-state index contributed by atoms with van der Waals surface area (Å²) in [5.74, 6) is 1.22. The van der Waals surface area contributed by atoms with E-state index >= 15 is 0 Å². The fraction of sp³-hybridized carbons (Fsp3) is 0.364. The first-order chi connectivity index (χ1) is 15.9. The molecule has 1 fully saturated rings. The minimum Gasteiger partial charge on any atom is -0.486 e. The van der Waals surface area contributed by atoms with Crippen molar-refractivity contribution in [2.24, 2.45) is 7.05 Å². The number of hydrogen-bond acceptors (Lipinski definition) is 7. The molecule has 0 atom stereocenters. The molecule has 2 aliphatic rings. The monoisotopic (exact) mass is 488 g/mol. The molecule has 1 saturated heterocycles. The van der Waals surface area contributed by atoms with E-state index in [0.717, 1.165) is 16.2 Å². The van der Waals surface area contributed by atoms with E-state index in [1.807, 2.05) is 35.9 Å². The molecule has 174 valence electrons. The number of nitrogens with zero attached hydrogens (tertiary/aromatic N) is 4. The summed E-state index contributed by atoms with van der Waals surface area (Å²) in [4.78, 5) is 19.2. The molecule has 0 saturated carbocycles. The average Bonchev–Trinajstić information content (AvgIpc) is 3.17. The van der Waals surface area contributed by atoms with Gasteiger partial charge in [0.15, 0.2) is 16.7 Å². The Bertz CT molecular complexity index is 1300. The molecular formula is C22H24N4O5S2. The molecule has 11 heteroatoms. The number of fused-ring (bicyclic) bond motifs is 2. The van der Waals surface area contributed by atoms with Gasteiger partial charge in [-0.15, -0.1) is 0 Å². The second-order valence-corrected chi connectivity index (χ2v) is 10.7. The van der Waals surface area contributed by atoms with Gasteiger partial charge in [-0.05, 0) is 24.3 Å². The van der Waals surface area contributed by atoms with Crippen molar-refractivity contribution in [1.29, 1.82) is 0 Å². The fourth-order valence-corrected chi connectivity index (χ4v) is 6.31. The Labute approximate surface area is 196 Å². The molecule has 0 N–H and O–H groups in total. The van der Waals surface area contributed by atoms with E-state index in [-0.39, 0.29) is 29.6 Å². The fourth-order valence-electron chi connectivity index (χ4n) is 3.98. The largest absolute Gasteiger partial charge is 0.486 e. The van der Waals surface area contributed by atoms with Crippen molar-refractivity contribution < 1.29 is 22.7 Å². The lowest BCUT2D eigenvalue weighted by molar-refractivity contribution is -0.129. The third-order valence-corrected chi connectivity index (χ3v) is 8.72. The van der Waals surface area contributed by atoms with Gasteiger partial charge in [0.25, 0.3) is 0 Å². The molecule has 0 bridgehead atoms. The Morgan fingerprint density at radius 3 is 2.52 bits per heavy atom. The lowest BCUT2D eigenvalue weighted by Gasteiger charge is -2.34. The zero-order valence-corrected chi connectivity index (χ0v) is 19.8. The zero-order chi connectivity index (χ0) is 23.0. The van der Waals surface area contributed by atoms with Crippen molar-refractivity contribution in [3.05, 3.63) is 42.5 Å². The van der Waals surface area contributed by atoms with Crippen molar-refractivity contribution in [2.45, 2.75) is 10.1 Å². The third-order valence-electron chi connectivity index (χ3n) is 5.81. The maximum Gasteiger partial charge on any atom is 0.243 e. The Morgan fingerprint density at radius 2 is 1.76 bits per heavy atom. The Morgan fingerprint density at radius 1 is 1.03 bits per heavy atom. The highest BCUT2D eigenvalue weighted by molar-refractivity contribution is 7.99. The predicted molar refractivity (Wildman–Crippen MR) is 124 cm³/mol. The maximum atomic E-state index is 13.1. The van der Waals surface area contributed by atoms with Crippen molar-refractivity contribution in [2.75, 3.05) is 45.1 Å². The van der Waals surface area contributed by atoms with Crippen LogP contribution in [0.25, 0.3) is 11.0 Å². The molecule has 0 spiro atoms. The van der Waals surface area contributed by atoms with Crippen molar-refractivity contribution >= 4 is 38.7 Å². The molecule has 5 rings (SSSR count). The molecule has 2 aromatic carbocycles. The molecule has 0 aliphatic carbocycles. The number of amides is 1. The van der Waals surface area contributed by atoms with E-state index in [4.69, 9.17) is 9.47 Å². The normalized spacial score (nSPS) is 16.8. The number of imidazole rings is 1. The summed E-state index contributed by atoms with van der Waals surface area (Å²) < 4.78 is 40.6. The number of benzene rings is 2. The van der Waals surface area contributed by atoms with Crippen LogP contribution in [0.1, 0.15) is 0 Å². The van der Waals surface area contributed by atoms with Crippen LogP contribution in [0.2, 0.25) is 0 Å². The number of carbonyl (C=O) groups is 1. The van der Waals surface area contributed by atoms with Gasteiger partial charge in [-0.25, -0.2) is 13.4 Å². The van der Waals surface area contributed by atoms with Crippen LogP contribution in [0.15, 0.2) is 52.5 Å². The summed E-state index contributed by atoms with van der Waals surface area (Å²) in [6.07, 6.45) is 0. The van der Waals surface area contributed by atoms with Crippen LogP contribution in [0.4, 0.5) is 0 Å². The van der Waals surface area contributed by atoms with Crippen LogP contribution >= 0.6 is 11.8 Å². The van der Waals surface area contributed by atoms with Crippen molar-refractivity contribution in [3.8, 4) is 11.5 Å². The molecule has 2 aliphatic heterocycles. The second-order valence-electron chi connectivity index (χ2n) is 7.82.